The van der Waals surface area contributed by atoms with Crippen molar-refractivity contribution in [3.8, 4) is 0 Å². The summed E-state index contributed by atoms with van der Waals surface area (Å²) in [6.07, 6.45) is 1.84. The Hall–Kier alpha value is -0.653. The molecule has 1 heterocycles. The van der Waals surface area contributed by atoms with Gasteiger partial charge in [0.15, 0.2) is 0 Å². The zero-order valence-corrected chi connectivity index (χ0v) is 13.7. The normalized spacial score (nSPS) is 12.2. The van der Waals surface area contributed by atoms with E-state index in [4.69, 9.17) is 4.74 Å². The van der Waals surface area contributed by atoms with Crippen molar-refractivity contribution in [1.29, 1.82) is 0 Å². The molecule has 98 valence electrons. The van der Waals surface area contributed by atoms with Crippen LogP contribution in [0.15, 0.2) is 29.0 Å². The Bertz CT molecular complexity index is 533. The minimum atomic E-state index is -0.999. The van der Waals surface area contributed by atoms with E-state index in [2.05, 4.69) is 46.6 Å². The third kappa shape index (κ3) is 3.43. The van der Waals surface area contributed by atoms with Crippen molar-refractivity contribution in [2.45, 2.75) is 32.4 Å². The van der Waals surface area contributed by atoms with Gasteiger partial charge in [-0.2, -0.15) is 0 Å². The Balaban J connectivity index is 1.98. The average molecular weight is 327 g/mol. The van der Waals surface area contributed by atoms with Gasteiger partial charge in [0.2, 0.25) is 0 Å². The van der Waals surface area contributed by atoms with E-state index in [0.717, 1.165) is 22.1 Å². The molecule has 0 radical (unpaired) electrons. The first-order valence-corrected chi connectivity index (χ1v) is 10.6. The number of hydrogen-bond acceptors (Lipinski definition) is 2. The summed E-state index contributed by atoms with van der Waals surface area (Å²) in [6.45, 7) is 8.50. The van der Waals surface area contributed by atoms with Crippen LogP contribution in [0.1, 0.15) is 0 Å². The topological polar surface area (TPSA) is 27.1 Å². The van der Waals surface area contributed by atoms with Gasteiger partial charge in [-0.05, 0) is 34.1 Å². The molecular weight excluding hydrogens is 308 g/mol. The number of para-hydroxylation sites is 1. The molecule has 2 rings (SSSR count). The Morgan fingerprint density at radius 2 is 2.11 bits per heavy atom. The molecule has 1 aromatic heterocycles. The molecule has 0 unspecified atom stereocenters. The minimum absolute atomic E-state index is 0.581. The maximum Gasteiger partial charge on any atom is 0.124 e. The second-order valence-corrected chi connectivity index (χ2v) is 12.1. The molecule has 0 amide bonds. The lowest BCUT2D eigenvalue weighted by atomic mass is 10.3. The van der Waals surface area contributed by atoms with Crippen LogP contribution < -0.4 is 0 Å². The molecule has 1 aromatic carbocycles. The maximum atomic E-state index is 5.74. The molecule has 0 N–H and O–H groups in total. The largest absolute Gasteiger partial charge is 0.361 e. The van der Waals surface area contributed by atoms with Gasteiger partial charge in [0.1, 0.15) is 12.2 Å². The van der Waals surface area contributed by atoms with E-state index in [-0.39, 0.29) is 0 Å². The zero-order chi connectivity index (χ0) is 13.2. The summed E-state index contributed by atoms with van der Waals surface area (Å²) < 4.78 is 8.82. The van der Waals surface area contributed by atoms with Gasteiger partial charge in [0.25, 0.3) is 0 Å². The molecule has 0 atom stereocenters. The van der Waals surface area contributed by atoms with Crippen molar-refractivity contribution >= 4 is 35.0 Å². The fraction of sp³-hybridized carbons (Fsp3) is 0.462. The minimum Gasteiger partial charge on any atom is -0.361 e. The van der Waals surface area contributed by atoms with E-state index in [9.17, 15) is 0 Å². The summed E-state index contributed by atoms with van der Waals surface area (Å²) in [5.74, 6) is 0. The molecular formula is C13H19BrN2OSi. The Morgan fingerprint density at radius 1 is 1.33 bits per heavy atom. The monoisotopic (exact) mass is 326 g/mol. The maximum absolute atomic E-state index is 5.74. The number of halogens is 1. The SMILES string of the molecule is C[Si](C)(C)CCOCn1cnc2c(Br)cccc21. The Morgan fingerprint density at radius 3 is 2.83 bits per heavy atom. The number of imidazole rings is 1. The van der Waals surface area contributed by atoms with E-state index < -0.39 is 8.07 Å². The molecule has 0 saturated heterocycles. The highest BCUT2D eigenvalue weighted by molar-refractivity contribution is 9.10. The Kier molecular flexibility index (Phi) is 4.24. The van der Waals surface area contributed by atoms with Gasteiger partial charge >= 0.3 is 0 Å². The second-order valence-electron chi connectivity index (χ2n) is 5.67. The first kappa shape index (κ1) is 13.8. The van der Waals surface area contributed by atoms with Crippen LogP contribution in [0.5, 0.6) is 0 Å². The van der Waals surface area contributed by atoms with E-state index in [0.29, 0.717) is 6.73 Å². The van der Waals surface area contributed by atoms with Gasteiger partial charge < -0.3 is 9.30 Å². The second kappa shape index (κ2) is 5.55. The van der Waals surface area contributed by atoms with Crippen LogP contribution in [0.4, 0.5) is 0 Å². The number of benzene rings is 1. The third-order valence-corrected chi connectivity index (χ3v) is 5.17. The van der Waals surface area contributed by atoms with Gasteiger partial charge in [0, 0.05) is 19.2 Å². The van der Waals surface area contributed by atoms with Crippen molar-refractivity contribution in [3.63, 3.8) is 0 Å². The molecule has 0 saturated carbocycles. The summed E-state index contributed by atoms with van der Waals surface area (Å²) in [5, 5.41) is 0. The smallest absolute Gasteiger partial charge is 0.124 e. The van der Waals surface area contributed by atoms with Crippen molar-refractivity contribution < 1.29 is 4.74 Å². The summed E-state index contributed by atoms with van der Waals surface area (Å²) in [7, 11) is -0.999. The third-order valence-electron chi connectivity index (χ3n) is 2.83. The highest BCUT2D eigenvalue weighted by atomic mass is 79.9. The van der Waals surface area contributed by atoms with Crippen LogP contribution >= 0.6 is 15.9 Å². The van der Waals surface area contributed by atoms with Crippen molar-refractivity contribution in [2.24, 2.45) is 0 Å². The van der Waals surface area contributed by atoms with E-state index >= 15 is 0 Å². The summed E-state index contributed by atoms with van der Waals surface area (Å²) >= 11 is 3.51. The summed E-state index contributed by atoms with van der Waals surface area (Å²) in [5.41, 5.74) is 2.10. The van der Waals surface area contributed by atoms with Crippen LogP contribution in [0.3, 0.4) is 0 Å². The molecule has 0 aliphatic heterocycles. The molecule has 5 heteroatoms. The number of ether oxygens (including phenoxy) is 1. The molecule has 3 nitrogen and oxygen atoms in total. The highest BCUT2D eigenvalue weighted by Crippen LogP contribution is 2.22. The van der Waals surface area contributed by atoms with E-state index in [1.54, 1.807) is 0 Å². The molecule has 0 aliphatic rings. The molecule has 0 aliphatic carbocycles. The van der Waals surface area contributed by atoms with Crippen molar-refractivity contribution in [1.82, 2.24) is 9.55 Å². The number of rotatable bonds is 5. The quantitative estimate of drug-likeness (QED) is 0.610. The van der Waals surface area contributed by atoms with E-state index in [1.807, 2.05) is 23.0 Å². The van der Waals surface area contributed by atoms with Gasteiger partial charge in [-0.1, -0.05) is 25.7 Å². The predicted octanol–water partition coefficient (Wildman–Crippen LogP) is 4.11. The van der Waals surface area contributed by atoms with Crippen LogP contribution in [0.25, 0.3) is 11.0 Å². The number of hydrogen-bond donors (Lipinski definition) is 0. The van der Waals surface area contributed by atoms with Gasteiger partial charge in [-0.25, -0.2) is 4.98 Å². The van der Waals surface area contributed by atoms with Crippen LogP contribution in [0.2, 0.25) is 25.7 Å². The molecule has 18 heavy (non-hydrogen) atoms. The molecule has 0 spiro atoms. The number of fused-ring (bicyclic) bond motifs is 1. The first-order valence-electron chi connectivity index (χ1n) is 6.14. The van der Waals surface area contributed by atoms with E-state index in [1.165, 1.54) is 6.04 Å². The fourth-order valence-electron chi connectivity index (χ4n) is 1.70. The molecule has 0 bridgehead atoms. The molecule has 0 fully saturated rings. The van der Waals surface area contributed by atoms with Crippen LogP contribution in [-0.4, -0.2) is 24.2 Å². The standard InChI is InChI=1S/C13H19BrN2OSi/c1-18(2,3)8-7-17-10-16-9-15-13-11(14)5-4-6-12(13)16/h4-6,9H,7-8,10H2,1-3H3. The van der Waals surface area contributed by atoms with Gasteiger partial charge in [0.05, 0.1) is 11.8 Å². The lowest BCUT2D eigenvalue weighted by molar-refractivity contribution is 0.0898. The Labute approximate surface area is 117 Å². The summed E-state index contributed by atoms with van der Waals surface area (Å²) in [4.78, 5) is 4.39. The van der Waals surface area contributed by atoms with Crippen molar-refractivity contribution in [3.05, 3.63) is 29.0 Å². The van der Waals surface area contributed by atoms with Gasteiger partial charge in [-0.3, -0.25) is 0 Å². The lowest BCUT2D eigenvalue weighted by Crippen LogP contribution is -2.21. The molecule has 2 aromatic rings. The zero-order valence-electron chi connectivity index (χ0n) is 11.1. The highest BCUT2D eigenvalue weighted by Gasteiger charge is 2.12. The van der Waals surface area contributed by atoms with Crippen molar-refractivity contribution in [2.75, 3.05) is 6.61 Å². The van der Waals surface area contributed by atoms with Gasteiger partial charge in [-0.15, -0.1) is 0 Å². The number of aromatic nitrogens is 2. The van der Waals surface area contributed by atoms with Crippen LogP contribution in [-0.2, 0) is 11.5 Å². The predicted molar refractivity (Wildman–Crippen MR) is 81.5 cm³/mol. The lowest BCUT2D eigenvalue weighted by Gasteiger charge is -2.15. The number of nitrogens with zero attached hydrogens (tertiary/aromatic N) is 2. The average Bonchev–Trinajstić information content (AvgIpc) is 2.68. The summed E-state index contributed by atoms with van der Waals surface area (Å²) in [6, 6.07) is 7.29. The fourth-order valence-corrected chi connectivity index (χ4v) is 2.91. The first-order chi connectivity index (χ1) is 8.47. The van der Waals surface area contributed by atoms with Crippen LogP contribution in [0, 0.1) is 0 Å².